The zero-order chi connectivity index (χ0) is 17.1. The number of esters is 2. The van der Waals surface area contributed by atoms with E-state index in [9.17, 15) is 22.8 Å². The minimum Gasteiger partial charge on any atom is -0.464 e. The van der Waals surface area contributed by atoms with E-state index < -0.39 is 41.5 Å². The van der Waals surface area contributed by atoms with E-state index in [-0.39, 0.29) is 5.56 Å². The third-order valence-electron chi connectivity index (χ3n) is 2.34. The van der Waals surface area contributed by atoms with Gasteiger partial charge < -0.3 is 9.47 Å². The molecule has 1 heterocycles. The molecular weight excluding hydrogens is 303 g/mol. The van der Waals surface area contributed by atoms with Crippen molar-refractivity contribution in [2.24, 2.45) is 0 Å². The molecule has 0 aromatic carbocycles. The summed E-state index contributed by atoms with van der Waals surface area (Å²) in [5, 5.41) is 0. The second-order valence-corrected chi connectivity index (χ2v) is 5.50. The number of hydrogen-bond acceptors (Lipinski definition) is 5. The normalized spacial score (nSPS) is 12.0. The fourth-order valence-electron chi connectivity index (χ4n) is 1.59. The average molecular weight is 319 g/mol. The Morgan fingerprint density at radius 1 is 1.18 bits per heavy atom. The highest BCUT2D eigenvalue weighted by molar-refractivity contribution is 5.87. The predicted molar refractivity (Wildman–Crippen MR) is 70.1 cm³/mol. The van der Waals surface area contributed by atoms with Crippen molar-refractivity contribution in [1.29, 1.82) is 0 Å². The Labute approximate surface area is 125 Å². The van der Waals surface area contributed by atoms with Crippen molar-refractivity contribution in [3.8, 4) is 0 Å². The van der Waals surface area contributed by atoms with E-state index in [0.717, 1.165) is 13.2 Å². The van der Waals surface area contributed by atoms with Crippen LogP contribution in [0.15, 0.2) is 12.1 Å². The highest BCUT2D eigenvalue weighted by Crippen LogP contribution is 2.29. The van der Waals surface area contributed by atoms with Crippen molar-refractivity contribution in [3.05, 3.63) is 29.1 Å². The molecule has 122 valence electrons. The number of methoxy groups -OCH3 is 1. The molecule has 5 nitrogen and oxygen atoms in total. The van der Waals surface area contributed by atoms with E-state index in [4.69, 9.17) is 4.74 Å². The number of hydrogen-bond donors (Lipinski definition) is 0. The number of nitrogens with zero attached hydrogens (tertiary/aromatic N) is 1. The standard InChI is InChI=1S/C14H16F3NO4/c1-13(2,3)22-11(19)7-8-5-9(12(20)21-4)18-10(6-8)14(15,16)17/h5-6H,7H2,1-4H3. The Bertz CT molecular complexity index is 576. The molecule has 0 saturated heterocycles. The van der Waals surface area contributed by atoms with Gasteiger partial charge in [-0.2, -0.15) is 13.2 Å². The van der Waals surface area contributed by atoms with Crippen molar-refractivity contribution >= 4 is 11.9 Å². The molecule has 0 aliphatic rings. The monoisotopic (exact) mass is 319 g/mol. The molecule has 1 aromatic rings. The molecule has 0 saturated carbocycles. The van der Waals surface area contributed by atoms with Crippen molar-refractivity contribution in [2.75, 3.05) is 7.11 Å². The molecule has 0 aliphatic carbocycles. The SMILES string of the molecule is COC(=O)c1cc(CC(=O)OC(C)(C)C)cc(C(F)(F)F)n1. The van der Waals surface area contributed by atoms with Gasteiger partial charge in [0.1, 0.15) is 17.0 Å². The van der Waals surface area contributed by atoms with E-state index in [2.05, 4.69) is 9.72 Å². The topological polar surface area (TPSA) is 65.5 Å². The molecule has 0 radical (unpaired) electrons. The first-order chi connectivity index (χ1) is 9.92. The van der Waals surface area contributed by atoms with Crippen LogP contribution in [0.5, 0.6) is 0 Å². The van der Waals surface area contributed by atoms with Crippen LogP contribution in [-0.4, -0.2) is 29.6 Å². The van der Waals surface area contributed by atoms with Gasteiger partial charge in [-0.1, -0.05) is 0 Å². The van der Waals surface area contributed by atoms with E-state index in [1.807, 2.05) is 0 Å². The molecule has 0 atom stereocenters. The van der Waals surface area contributed by atoms with E-state index in [1.54, 1.807) is 20.8 Å². The molecular formula is C14H16F3NO4. The number of aromatic nitrogens is 1. The Morgan fingerprint density at radius 3 is 2.23 bits per heavy atom. The van der Waals surface area contributed by atoms with Gasteiger partial charge in [0, 0.05) is 0 Å². The summed E-state index contributed by atoms with van der Waals surface area (Å²) in [6.45, 7) is 4.91. The van der Waals surface area contributed by atoms with Crippen LogP contribution in [0.3, 0.4) is 0 Å². The number of carbonyl (C=O) groups excluding carboxylic acids is 2. The lowest BCUT2D eigenvalue weighted by molar-refractivity contribution is -0.154. The minimum absolute atomic E-state index is 0.0306. The van der Waals surface area contributed by atoms with Gasteiger partial charge in [-0.15, -0.1) is 0 Å². The van der Waals surface area contributed by atoms with E-state index >= 15 is 0 Å². The summed E-state index contributed by atoms with van der Waals surface area (Å²) in [4.78, 5) is 26.3. The maximum Gasteiger partial charge on any atom is 0.433 e. The van der Waals surface area contributed by atoms with Gasteiger partial charge in [0.2, 0.25) is 0 Å². The summed E-state index contributed by atoms with van der Waals surface area (Å²) in [6, 6.07) is 1.78. The van der Waals surface area contributed by atoms with Crippen LogP contribution >= 0.6 is 0 Å². The van der Waals surface area contributed by atoms with Crippen LogP contribution < -0.4 is 0 Å². The fraction of sp³-hybridized carbons (Fsp3) is 0.500. The largest absolute Gasteiger partial charge is 0.464 e. The third kappa shape index (κ3) is 5.34. The second-order valence-electron chi connectivity index (χ2n) is 5.50. The molecule has 0 bridgehead atoms. The molecule has 0 fully saturated rings. The first-order valence-electron chi connectivity index (χ1n) is 6.30. The summed E-state index contributed by atoms with van der Waals surface area (Å²) in [5.74, 6) is -1.72. The Balaban J connectivity index is 3.13. The lowest BCUT2D eigenvalue weighted by Crippen LogP contribution is -2.25. The minimum atomic E-state index is -4.74. The van der Waals surface area contributed by atoms with Gasteiger partial charge in [0.15, 0.2) is 0 Å². The molecule has 0 spiro atoms. The molecule has 1 rings (SSSR count). The van der Waals surface area contributed by atoms with Gasteiger partial charge in [0.05, 0.1) is 13.5 Å². The van der Waals surface area contributed by atoms with Crippen molar-refractivity contribution in [2.45, 2.75) is 39.0 Å². The van der Waals surface area contributed by atoms with Crippen molar-refractivity contribution in [1.82, 2.24) is 4.98 Å². The molecule has 22 heavy (non-hydrogen) atoms. The first-order valence-corrected chi connectivity index (χ1v) is 6.30. The van der Waals surface area contributed by atoms with Gasteiger partial charge in [-0.3, -0.25) is 4.79 Å². The quantitative estimate of drug-likeness (QED) is 0.802. The highest BCUT2D eigenvalue weighted by atomic mass is 19.4. The first kappa shape index (κ1) is 17.9. The Hall–Kier alpha value is -2.12. The summed E-state index contributed by atoms with van der Waals surface area (Å²) in [6.07, 6.45) is -5.15. The number of ether oxygens (including phenoxy) is 2. The predicted octanol–water partition coefficient (Wildman–Crippen LogP) is 2.77. The number of pyridine rings is 1. The summed E-state index contributed by atoms with van der Waals surface area (Å²) in [7, 11) is 1.03. The fourth-order valence-corrected chi connectivity index (χ4v) is 1.59. The zero-order valence-electron chi connectivity index (χ0n) is 12.6. The van der Waals surface area contributed by atoms with Crippen LogP contribution in [0.25, 0.3) is 0 Å². The molecule has 0 N–H and O–H groups in total. The number of rotatable bonds is 3. The molecule has 0 aliphatic heterocycles. The Morgan fingerprint density at radius 2 is 1.77 bits per heavy atom. The Kier molecular flexibility index (Phi) is 5.16. The number of halogens is 3. The van der Waals surface area contributed by atoms with E-state index in [1.165, 1.54) is 0 Å². The lowest BCUT2D eigenvalue weighted by Gasteiger charge is -2.19. The number of carbonyl (C=O) groups is 2. The van der Waals surface area contributed by atoms with E-state index in [0.29, 0.717) is 6.07 Å². The summed E-state index contributed by atoms with van der Waals surface area (Å²) >= 11 is 0. The van der Waals surface area contributed by atoms with Gasteiger partial charge in [0.25, 0.3) is 0 Å². The summed E-state index contributed by atoms with van der Waals surface area (Å²) in [5.41, 5.74) is -2.58. The molecule has 8 heteroatoms. The summed E-state index contributed by atoms with van der Waals surface area (Å²) < 4.78 is 47.8. The maximum absolute atomic E-state index is 12.8. The van der Waals surface area contributed by atoms with Gasteiger partial charge in [-0.05, 0) is 38.5 Å². The maximum atomic E-state index is 12.8. The second kappa shape index (κ2) is 6.33. The highest BCUT2D eigenvalue weighted by Gasteiger charge is 2.34. The smallest absolute Gasteiger partial charge is 0.433 e. The van der Waals surface area contributed by atoms with Gasteiger partial charge >= 0.3 is 18.1 Å². The van der Waals surface area contributed by atoms with Crippen molar-refractivity contribution < 1.29 is 32.2 Å². The third-order valence-corrected chi connectivity index (χ3v) is 2.34. The van der Waals surface area contributed by atoms with Crippen LogP contribution in [0, 0.1) is 0 Å². The van der Waals surface area contributed by atoms with Crippen LogP contribution in [0.4, 0.5) is 13.2 Å². The number of alkyl halides is 3. The van der Waals surface area contributed by atoms with Crippen molar-refractivity contribution in [3.63, 3.8) is 0 Å². The average Bonchev–Trinajstić information content (AvgIpc) is 2.33. The van der Waals surface area contributed by atoms with Crippen LogP contribution in [-0.2, 0) is 26.9 Å². The molecule has 0 amide bonds. The zero-order valence-corrected chi connectivity index (χ0v) is 12.6. The van der Waals surface area contributed by atoms with Crippen LogP contribution in [0.2, 0.25) is 0 Å². The molecule has 1 aromatic heterocycles. The lowest BCUT2D eigenvalue weighted by atomic mass is 10.1. The van der Waals surface area contributed by atoms with Crippen LogP contribution in [0.1, 0.15) is 42.5 Å². The molecule has 0 unspecified atom stereocenters. The van der Waals surface area contributed by atoms with Gasteiger partial charge in [-0.25, -0.2) is 9.78 Å².